The van der Waals surface area contributed by atoms with Crippen LogP contribution in [0.3, 0.4) is 0 Å². The number of hydrogen-bond acceptors (Lipinski definition) is 3. The third kappa shape index (κ3) is 3.15. The number of benzene rings is 1. The largest absolute Gasteiger partial charge is 0.481 e. The number of alkyl halides is 1. The predicted molar refractivity (Wildman–Crippen MR) is 93.5 cm³/mol. The van der Waals surface area contributed by atoms with Crippen molar-refractivity contribution in [3.05, 3.63) is 29.8 Å². The van der Waals surface area contributed by atoms with Crippen molar-refractivity contribution < 1.29 is 19.1 Å². The molecule has 2 heterocycles. The first-order valence-corrected chi connectivity index (χ1v) is 8.65. The van der Waals surface area contributed by atoms with E-state index in [1.807, 2.05) is 33.0 Å². The molecule has 0 saturated carbocycles. The van der Waals surface area contributed by atoms with Crippen LogP contribution in [-0.2, 0) is 15.0 Å². The zero-order valence-electron chi connectivity index (χ0n) is 15.0. The monoisotopic (exact) mass is 348 g/mol. The molecule has 2 saturated heterocycles. The van der Waals surface area contributed by atoms with Gasteiger partial charge >= 0.3 is 5.97 Å². The maximum Gasteiger partial charge on any atom is 0.304 e. The zero-order valence-corrected chi connectivity index (χ0v) is 15.0. The van der Waals surface area contributed by atoms with Gasteiger partial charge in [0.2, 0.25) is 0 Å². The lowest BCUT2D eigenvalue weighted by Crippen LogP contribution is -2.49. The molecular weight excluding hydrogens is 323 g/mol. The molecule has 1 aromatic rings. The molecule has 0 bridgehead atoms. The number of carboxylic acids is 1. The minimum Gasteiger partial charge on any atom is -0.481 e. The smallest absolute Gasteiger partial charge is 0.304 e. The van der Waals surface area contributed by atoms with Gasteiger partial charge in [0.05, 0.1) is 6.42 Å². The summed E-state index contributed by atoms with van der Waals surface area (Å²) in [5.41, 5.74) is -0.862. The van der Waals surface area contributed by atoms with Gasteiger partial charge in [0.1, 0.15) is 0 Å². The molecule has 136 valence electrons. The van der Waals surface area contributed by atoms with Gasteiger partial charge in [-0.15, -0.1) is 0 Å². The third-order valence-electron chi connectivity index (χ3n) is 5.57. The minimum absolute atomic E-state index is 0.00906. The van der Waals surface area contributed by atoms with E-state index in [2.05, 4.69) is 4.90 Å². The average Bonchev–Trinajstić information content (AvgIpc) is 2.79. The molecule has 3 rings (SSSR count). The highest BCUT2D eigenvalue weighted by atomic mass is 19.1. The topological polar surface area (TPSA) is 60.9 Å². The Morgan fingerprint density at radius 3 is 2.80 bits per heavy atom. The lowest BCUT2D eigenvalue weighted by Gasteiger charge is -2.34. The van der Waals surface area contributed by atoms with Crippen molar-refractivity contribution >= 4 is 17.6 Å². The number of amides is 1. The highest BCUT2D eigenvalue weighted by Gasteiger charge is 2.57. The molecule has 2 aliphatic heterocycles. The van der Waals surface area contributed by atoms with E-state index in [-0.39, 0.29) is 18.8 Å². The summed E-state index contributed by atoms with van der Waals surface area (Å²) in [5, 5.41) is 9.11. The maximum absolute atomic E-state index is 15.3. The molecule has 6 heteroatoms. The molecule has 1 N–H and O–H groups in total. The number of piperidine rings is 1. The first-order chi connectivity index (χ1) is 11.6. The van der Waals surface area contributed by atoms with E-state index < -0.39 is 23.0 Å². The number of rotatable bonds is 4. The van der Waals surface area contributed by atoms with Crippen molar-refractivity contribution in [1.29, 1.82) is 0 Å². The van der Waals surface area contributed by atoms with Crippen LogP contribution in [0.4, 0.5) is 10.1 Å². The minimum atomic E-state index is -1.78. The van der Waals surface area contributed by atoms with Crippen molar-refractivity contribution in [2.24, 2.45) is 5.92 Å². The van der Waals surface area contributed by atoms with Gasteiger partial charge in [-0.2, -0.15) is 0 Å². The molecule has 2 atom stereocenters. The van der Waals surface area contributed by atoms with Gasteiger partial charge in [0.25, 0.3) is 5.91 Å². The number of likely N-dealkylation sites (tertiary alicyclic amines) is 1. The highest BCUT2D eigenvalue weighted by molar-refractivity contribution is 6.02. The number of aliphatic carboxylic acids is 1. The summed E-state index contributed by atoms with van der Waals surface area (Å²) in [5.74, 6) is -1.65. The van der Waals surface area contributed by atoms with Crippen molar-refractivity contribution in [2.75, 3.05) is 31.6 Å². The molecule has 1 amide bonds. The van der Waals surface area contributed by atoms with Crippen LogP contribution in [0, 0.1) is 5.92 Å². The Kier molecular flexibility index (Phi) is 4.35. The molecule has 2 aliphatic rings. The SMILES string of the molecule is CN1CC[C@]2(F)C(=O)N(c3cccc(C(C)(C)CC(=O)O)c3)C[C@@H]2C1. The number of carboxylic acid groups (broad SMARTS) is 1. The van der Waals surface area contributed by atoms with Gasteiger partial charge in [-0.25, -0.2) is 4.39 Å². The second-order valence-corrected chi connectivity index (χ2v) is 7.99. The van der Waals surface area contributed by atoms with Crippen LogP contribution >= 0.6 is 0 Å². The summed E-state index contributed by atoms with van der Waals surface area (Å²) in [6.07, 6.45) is 0.221. The third-order valence-corrected chi connectivity index (χ3v) is 5.57. The molecule has 0 spiro atoms. The lowest BCUT2D eigenvalue weighted by molar-refractivity contribution is -0.138. The first kappa shape index (κ1) is 17.9. The lowest BCUT2D eigenvalue weighted by atomic mass is 9.81. The van der Waals surface area contributed by atoms with Crippen LogP contribution in [-0.4, -0.2) is 54.2 Å². The van der Waals surface area contributed by atoms with Crippen LogP contribution in [0.1, 0.15) is 32.3 Å². The summed E-state index contributed by atoms with van der Waals surface area (Å²) < 4.78 is 15.3. The second kappa shape index (κ2) is 6.09. The van der Waals surface area contributed by atoms with Gasteiger partial charge in [-0.05, 0) is 24.7 Å². The van der Waals surface area contributed by atoms with Crippen molar-refractivity contribution in [3.63, 3.8) is 0 Å². The maximum atomic E-state index is 15.3. The standard InChI is InChI=1S/C19H25FN2O3/c1-18(2,10-16(23)24)13-5-4-6-15(9-13)22-12-14-11-21(3)8-7-19(14,20)17(22)25/h4-6,9,14H,7-8,10-12H2,1-3H3,(H,23,24)/t14-,19+/m0/s1. The Bertz CT molecular complexity index is 706. The van der Waals surface area contributed by atoms with E-state index in [0.29, 0.717) is 25.3 Å². The summed E-state index contributed by atoms with van der Waals surface area (Å²) in [7, 11) is 1.95. The summed E-state index contributed by atoms with van der Waals surface area (Å²) >= 11 is 0. The Hall–Kier alpha value is -1.95. The van der Waals surface area contributed by atoms with Crippen molar-refractivity contribution in [2.45, 2.75) is 37.8 Å². The van der Waals surface area contributed by atoms with Crippen LogP contribution < -0.4 is 4.90 Å². The molecular formula is C19H25FN2O3. The van der Waals surface area contributed by atoms with Crippen LogP contribution in [0.2, 0.25) is 0 Å². The normalized spacial score (nSPS) is 27.4. The van der Waals surface area contributed by atoms with E-state index in [1.165, 1.54) is 4.90 Å². The zero-order chi connectivity index (χ0) is 18.4. The number of carbonyl (C=O) groups excluding carboxylic acids is 1. The Labute approximate surface area is 147 Å². The van der Waals surface area contributed by atoms with E-state index >= 15 is 4.39 Å². The quantitative estimate of drug-likeness (QED) is 0.908. The summed E-state index contributed by atoms with van der Waals surface area (Å²) in [4.78, 5) is 27.4. The fourth-order valence-electron chi connectivity index (χ4n) is 3.98. The molecule has 0 aliphatic carbocycles. The summed E-state index contributed by atoms with van der Waals surface area (Å²) in [6.45, 7) is 5.23. The van der Waals surface area contributed by atoms with Crippen LogP contribution in [0.5, 0.6) is 0 Å². The Balaban J connectivity index is 1.89. The number of anilines is 1. The molecule has 25 heavy (non-hydrogen) atoms. The van der Waals surface area contributed by atoms with E-state index in [9.17, 15) is 9.59 Å². The number of hydrogen-bond donors (Lipinski definition) is 1. The fourth-order valence-corrected chi connectivity index (χ4v) is 3.98. The second-order valence-electron chi connectivity index (χ2n) is 7.99. The van der Waals surface area contributed by atoms with E-state index in [1.54, 1.807) is 12.1 Å². The highest BCUT2D eigenvalue weighted by Crippen LogP contribution is 2.42. The average molecular weight is 348 g/mol. The van der Waals surface area contributed by atoms with E-state index in [0.717, 1.165) is 5.56 Å². The van der Waals surface area contributed by atoms with Crippen LogP contribution in [0.25, 0.3) is 0 Å². The van der Waals surface area contributed by atoms with Gasteiger partial charge < -0.3 is 14.9 Å². The number of fused-ring (bicyclic) bond motifs is 1. The predicted octanol–water partition coefficient (Wildman–Crippen LogP) is 2.45. The number of halogens is 1. The Morgan fingerprint density at radius 2 is 2.12 bits per heavy atom. The fraction of sp³-hybridized carbons (Fsp3) is 0.579. The van der Waals surface area contributed by atoms with E-state index in [4.69, 9.17) is 5.11 Å². The molecule has 5 nitrogen and oxygen atoms in total. The van der Waals surface area contributed by atoms with Crippen molar-refractivity contribution in [3.8, 4) is 0 Å². The number of carbonyl (C=O) groups is 2. The number of nitrogens with zero attached hydrogens (tertiary/aromatic N) is 2. The first-order valence-electron chi connectivity index (χ1n) is 8.65. The van der Waals surface area contributed by atoms with Gasteiger partial charge in [-0.1, -0.05) is 26.0 Å². The van der Waals surface area contributed by atoms with Gasteiger partial charge in [-0.3, -0.25) is 9.59 Å². The molecule has 0 aromatic heterocycles. The summed E-state index contributed by atoms with van der Waals surface area (Å²) in [6, 6.07) is 7.29. The van der Waals surface area contributed by atoms with Gasteiger partial charge in [0.15, 0.2) is 5.67 Å². The van der Waals surface area contributed by atoms with Crippen LogP contribution in [0.15, 0.2) is 24.3 Å². The van der Waals surface area contributed by atoms with Gasteiger partial charge in [0, 0.05) is 43.1 Å². The Morgan fingerprint density at radius 1 is 1.40 bits per heavy atom. The molecule has 1 aromatic carbocycles. The molecule has 0 radical (unpaired) electrons. The molecule has 2 fully saturated rings. The van der Waals surface area contributed by atoms with Crippen molar-refractivity contribution in [1.82, 2.24) is 4.90 Å². The molecule has 0 unspecified atom stereocenters.